The van der Waals surface area contributed by atoms with Gasteiger partial charge >= 0.3 is 5.97 Å². The van der Waals surface area contributed by atoms with Crippen molar-refractivity contribution in [3.8, 4) is 0 Å². The van der Waals surface area contributed by atoms with E-state index in [9.17, 15) is 9.59 Å². The summed E-state index contributed by atoms with van der Waals surface area (Å²) in [6, 6.07) is 0. The Morgan fingerprint density at radius 2 is 1.89 bits per heavy atom. The third-order valence-electron chi connectivity index (χ3n) is 9.39. The van der Waals surface area contributed by atoms with E-state index >= 15 is 0 Å². The van der Waals surface area contributed by atoms with Crippen LogP contribution in [0.15, 0.2) is 23.5 Å². The minimum Gasteiger partial charge on any atom is -0.423 e. The van der Waals surface area contributed by atoms with Crippen LogP contribution in [0.5, 0.6) is 0 Å². The molecule has 2 bridgehead atoms. The SMILES string of the molecule is C=C1OC(=O)C2=C1[C@H]1CC[C@]34C[C@](C)(CC[C@H]3[C@]1(C)CC2)C(=O)[C@H]4CN(C)C. The molecule has 5 aliphatic rings. The second-order valence-electron chi connectivity index (χ2n) is 11.0. The molecule has 0 aromatic carbocycles. The zero-order valence-electron chi connectivity index (χ0n) is 17.8. The summed E-state index contributed by atoms with van der Waals surface area (Å²) < 4.78 is 5.44. The smallest absolute Gasteiger partial charge is 0.339 e. The number of nitrogens with zero attached hydrogens (tertiary/aromatic N) is 1. The molecule has 6 atom stereocenters. The molecule has 0 aromatic rings. The van der Waals surface area contributed by atoms with E-state index < -0.39 is 0 Å². The van der Waals surface area contributed by atoms with Crippen LogP contribution in [0.3, 0.4) is 0 Å². The Morgan fingerprint density at radius 3 is 2.61 bits per heavy atom. The van der Waals surface area contributed by atoms with Crippen LogP contribution in [0.1, 0.15) is 58.8 Å². The van der Waals surface area contributed by atoms with Crippen LogP contribution in [-0.2, 0) is 14.3 Å². The van der Waals surface area contributed by atoms with Crippen LogP contribution in [-0.4, -0.2) is 37.3 Å². The van der Waals surface area contributed by atoms with Gasteiger partial charge in [-0.2, -0.15) is 0 Å². The molecule has 0 amide bonds. The van der Waals surface area contributed by atoms with E-state index in [-0.39, 0.29) is 28.1 Å². The van der Waals surface area contributed by atoms with Crippen LogP contribution >= 0.6 is 0 Å². The van der Waals surface area contributed by atoms with Crippen molar-refractivity contribution < 1.29 is 14.3 Å². The predicted octanol–water partition coefficient (Wildman–Crippen LogP) is 4.12. The van der Waals surface area contributed by atoms with E-state index in [0.717, 1.165) is 62.6 Å². The van der Waals surface area contributed by atoms with Crippen LogP contribution in [0, 0.1) is 34.0 Å². The summed E-state index contributed by atoms with van der Waals surface area (Å²) in [6.45, 7) is 9.62. The molecule has 1 spiro atoms. The minimum atomic E-state index is -0.167. The maximum Gasteiger partial charge on any atom is 0.339 e. The van der Waals surface area contributed by atoms with Gasteiger partial charge in [0.25, 0.3) is 0 Å². The van der Waals surface area contributed by atoms with Gasteiger partial charge in [-0.3, -0.25) is 4.79 Å². The number of fused-ring (bicyclic) bond motifs is 4. The summed E-state index contributed by atoms with van der Waals surface area (Å²) in [5.41, 5.74) is 2.13. The number of ketones is 1. The molecule has 4 heteroatoms. The van der Waals surface area contributed by atoms with Crippen molar-refractivity contribution in [1.82, 2.24) is 4.90 Å². The minimum absolute atomic E-state index is 0.127. The van der Waals surface area contributed by atoms with E-state index in [1.807, 2.05) is 0 Å². The maximum absolute atomic E-state index is 13.5. The molecule has 0 unspecified atom stereocenters. The first-order chi connectivity index (χ1) is 13.1. The van der Waals surface area contributed by atoms with Crippen LogP contribution < -0.4 is 0 Å². The highest BCUT2D eigenvalue weighted by Gasteiger charge is 2.70. The molecule has 152 valence electrons. The highest BCUT2D eigenvalue weighted by atomic mass is 16.5. The van der Waals surface area contributed by atoms with Crippen molar-refractivity contribution in [2.24, 2.45) is 34.0 Å². The molecule has 28 heavy (non-hydrogen) atoms. The van der Waals surface area contributed by atoms with Crippen LogP contribution in [0.2, 0.25) is 0 Å². The summed E-state index contributed by atoms with van der Waals surface area (Å²) in [6.07, 6.45) is 7.20. The number of rotatable bonds is 2. The van der Waals surface area contributed by atoms with Crippen molar-refractivity contribution in [2.45, 2.75) is 58.8 Å². The second kappa shape index (κ2) is 5.59. The summed E-state index contributed by atoms with van der Waals surface area (Å²) in [5, 5.41) is 0. The van der Waals surface area contributed by atoms with Crippen molar-refractivity contribution in [3.63, 3.8) is 0 Å². The number of Topliss-reactive ketones (excluding diaryl/α,β-unsaturated/α-hetero) is 1. The number of hydrogen-bond acceptors (Lipinski definition) is 4. The topological polar surface area (TPSA) is 46.6 Å². The Labute approximate surface area is 168 Å². The fourth-order valence-electron chi connectivity index (χ4n) is 8.35. The van der Waals surface area contributed by atoms with E-state index in [1.54, 1.807) is 0 Å². The Bertz CT molecular complexity index is 826. The third kappa shape index (κ3) is 2.10. The highest BCUT2D eigenvalue weighted by Crippen LogP contribution is 2.73. The lowest BCUT2D eigenvalue weighted by Crippen LogP contribution is -2.55. The molecular formula is C24H33NO3. The summed E-state index contributed by atoms with van der Waals surface area (Å²) in [4.78, 5) is 28.0. The van der Waals surface area contributed by atoms with Gasteiger partial charge in [-0.15, -0.1) is 0 Å². The lowest BCUT2D eigenvalue weighted by atomic mass is 9.42. The van der Waals surface area contributed by atoms with Gasteiger partial charge in [-0.25, -0.2) is 4.79 Å². The van der Waals surface area contributed by atoms with E-state index in [1.165, 1.54) is 0 Å². The molecule has 3 saturated carbocycles. The van der Waals surface area contributed by atoms with Gasteiger partial charge in [0.15, 0.2) is 0 Å². The molecule has 4 aliphatic carbocycles. The standard InChI is InChI=1S/C24H33NO3/c1-14-19-15(21(27)28-14)6-10-23(3)16(19)7-11-24-13-22(2,9-8-18(23)24)20(26)17(24)12-25(4)5/h16-18H,1,6-13H2,2-5H3/t16-,17-,18+,22+,23-,24-/m1/s1. The fraction of sp³-hybridized carbons (Fsp3) is 0.750. The molecule has 0 saturated heterocycles. The van der Waals surface area contributed by atoms with Crippen molar-refractivity contribution in [1.29, 1.82) is 0 Å². The molecule has 1 heterocycles. The zero-order valence-corrected chi connectivity index (χ0v) is 17.8. The molecule has 3 fully saturated rings. The van der Waals surface area contributed by atoms with Gasteiger partial charge in [-0.05, 0) is 81.7 Å². The first kappa shape index (κ1) is 18.6. The van der Waals surface area contributed by atoms with Crippen LogP contribution in [0.25, 0.3) is 0 Å². The average Bonchev–Trinajstić information content (AvgIpc) is 2.98. The summed E-state index contributed by atoms with van der Waals surface area (Å²) >= 11 is 0. The summed E-state index contributed by atoms with van der Waals surface area (Å²) in [5.74, 6) is 2.00. The van der Waals surface area contributed by atoms with Gasteiger partial charge < -0.3 is 9.64 Å². The van der Waals surface area contributed by atoms with E-state index in [4.69, 9.17) is 4.74 Å². The van der Waals surface area contributed by atoms with Gasteiger partial charge in [0.05, 0.1) is 0 Å². The predicted molar refractivity (Wildman–Crippen MR) is 107 cm³/mol. The number of esters is 1. The molecule has 0 N–H and O–H groups in total. The number of carbonyl (C=O) groups is 2. The Kier molecular flexibility index (Phi) is 3.71. The average molecular weight is 384 g/mol. The second-order valence-corrected chi connectivity index (χ2v) is 11.0. The zero-order chi connectivity index (χ0) is 20.1. The van der Waals surface area contributed by atoms with Gasteiger partial charge in [0.2, 0.25) is 0 Å². The highest BCUT2D eigenvalue weighted by molar-refractivity contribution is 5.95. The van der Waals surface area contributed by atoms with Gasteiger partial charge in [0.1, 0.15) is 11.5 Å². The van der Waals surface area contributed by atoms with Crippen molar-refractivity contribution in [3.05, 3.63) is 23.5 Å². The van der Waals surface area contributed by atoms with Crippen LogP contribution in [0.4, 0.5) is 0 Å². The number of hydrogen-bond donors (Lipinski definition) is 0. The van der Waals surface area contributed by atoms with Crippen molar-refractivity contribution in [2.75, 3.05) is 20.6 Å². The summed E-state index contributed by atoms with van der Waals surface area (Å²) in [7, 11) is 4.19. The lowest BCUT2D eigenvalue weighted by Gasteiger charge is -2.61. The largest absolute Gasteiger partial charge is 0.423 e. The van der Waals surface area contributed by atoms with E-state index in [2.05, 4.69) is 39.4 Å². The number of cyclic esters (lactones) is 1. The Morgan fingerprint density at radius 1 is 1.14 bits per heavy atom. The van der Waals surface area contributed by atoms with Crippen molar-refractivity contribution >= 4 is 11.8 Å². The molecule has 0 radical (unpaired) electrons. The quantitative estimate of drug-likeness (QED) is 0.673. The van der Waals surface area contributed by atoms with E-state index in [0.29, 0.717) is 23.4 Å². The van der Waals surface area contributed by atoms with Gasteiger partial charge in [0, 0.05) is 29.0 Å². The third-order valence-corrected chi connectivity index (χ3v) is 9.39. The molecule has 0 aromatic heterocycles. The Hall–Kier alpha value is -1.42. The number of ether oxygens (including phenoxy) is 1. The monoisotopic (exact) mass is 383 g/mol. The molecule has 4 nitrogen and oxygen atoms in total. The number of allylic oxidation sites excluding steroid dienone is 1. The fourth-order valence-corrected chi connectivity index (χ4v) is 8.35. The maximum atomic E-state index is 13.5. The molecule has 5 rings (SSSR count). The number of carbonyl (C=O) groups excluding carboxylic acids is 2. The lowest BCUT2D eigenvalue weighted by molar-refractivity contribution is -0.133. The Balaban J connectivity index is 1.59. The molecule has 1 aliphatic heterocycles. The van der Waals surface area contributed by atoms with Gasteiger partial charge in [-0.1, -0.05) is 20.4 Å². The molecular weight excluding hydrogens is 350 g/mol. The first-order valence-electron chi connectivity index (χ1n) is 11.0. The normalized spacial score (nSPS) is 47.2. The first-order valence-corrected chi connectivity index (χ1v) is 11.0.